The molecule has 29 heavy (non-hydrogen) atoms. The molecule has 1 atom stereocenters. The Balaban J connectivity index is 1.67. The molecular weight excluding hydrogens is 382 g/mol. The molecule has 0 N–H and O–H groups in total. The summed E-state index contributed by atoms with van der Waals surface area (Å²) in [5.74, 6) is 1.01. The van der Waals surface area contributed by atoms with Gasteiger partial charge in [-0.15, -0.1) is 10.2 Å². The van der Waals surface area contributed by atoms with E-state index < -0.39 is 0 Å². The molecule has 0 unspecified atom stereocenters. The van der Waals surface area contributed by atoms with Crippen LogP contribution < -0.4 is 0 Å². The number of hydrogen-bond donors (Lipinski definition) is 0. The molecule has 1 aromatic carbocycles. The van der Waals surface area contributed by atoms with E-state index in [-0.39, 0.29) is 16.6 Å². The van der Waals surface area contributed by atoms with E-state index in [1.807, 2.05) is 23.4 Å². The van der Waals surface area contributed by atoms with Gasteiger partial charge in [-0.2, -0.15) is 0 Å². The fourth-order valence-corrected chi connectivity index (χ4v) is 4.44. The van der Waals surface area contributed by atoms with Crippen LogP contribution >= 0.6 is 11.8 Å². The maximum Gasteiger partial charge on any atom is 0.235 e. The molecule has 0 aliphatic carbocycles. The molecule has 2 heterocycles. The molecular formula is C22H33N5OS. The molecule has 0 saturated carbocycles. The molecule has 0 radical (unpaired) electrons. The summed E-state index contributed by atoms with van der Waals surface area (Å²) in [5.41, 5.74) is 2.45. The Morgan fingerprint density at radius 3 is 2.28 bits per heavy atom. The van der Waals surface area contributed by atoms with Gasteiger partial charge < -0.3 is 14.4 Å². The summed E-state index contributed by atoms with van der Waals surface area (Å²) in [6, 6.07) is 8.50. The van der Waals surface area contributed by atoms with Gasteiger partial charge in [0.2, 0.25) is 5.91 Å². The molecule has 3 rings (SSSR count). The summed E-state index contributed by atoms with van der Waals surface area (Å²) in [5, 5.41) is 9.33. The van der Waals surface area contributed by atoms with Crippen molar-refractivity contribution in [1.82, 2.24) is 24.6 Å². The topological polar surface area (TPSA) is 54.3 Å². The minimum atomic E-state index is -0.179. The first kappa shape index (κ1) is 21.8. The van der Waals surface area contributed by atoms with Crippen molar-refractivity contribution in [3.63, 3.8) is 0 Å². The van der Waals surface area contributed by atoms with Gasteiger partial charge in [-0.25, -0.2) is 0 Å². The van der Waals surface area contributed by atoms with Crippen LogP contribution in [0.1, 0.15) is 40.2 Å². The lowest BCUT2D eigenvalue weighted by atomic mass is 9.87. The third-order valence-corrected chi connectivity index (χ3v) is 6.73. The lowest BCUT2D eigenvalue weighted by molar-refractivity contribution is -0.132. The molecule has 0 bridgehead atoms. The number of rotatable bonds is 5. The highest BCUT2D eigenvalue weighted by molar-refractivity contribution is 8.00. The van der Waals surface area contributed by atoms with Gasteiger partial charge in [-0.05, 0) is 24.4 Å². The van der Waals surface area contributed by atoms with Crippen LogP contribution in [0.2, 0.25) is 0 Å². The minimum Gasteiger partial charge on any atom is -0.339 e. The van der Waals surface area contributed by atoms with Crippen molar-refractivity contribution in [2.45, 2.75) is 50.4 Å². The van der Waals surface area contributed by atoms with Gasteiger partial charge in [-0.1, -0.05) is 63.7 Å². The first-order valence-electron chi connectivity index (χ1n) is 10.4. The van der Waals surface area contributed by atoms with E-state index in [0.29, 0.717) is 0 Å². The second kappa shape index (κ2) is 8.88. The number of carbonyl (C=O) groups is 1. The molecule has 7 heteroatoms. The largest absolute Gasteiger partial charge is 0.339 e. The zero-order valence-electron chi connectivity index (χ0n) is 18.5. The van der Waals surface area contributed by atoms with Crippen molar-refractivity contribution >= 4 is 17.7 Å². The van der Waals surface area contributed by atoms with Gasteiger partial charge in [0.1, 0.15) is 0 Å². The van der Waals surface area contributed by atoms with Crippen LogP contribution in [0.15, 0.2) is 29.4 Å². The number of nitrogens with zero attached hydrogens (tertiary/aromatic N) is 5. The van der Waals surface area contributed by atoms with Crippen LogP contribution in [-0.2, 0) is 17.3 Å². The molecule has 6 nitrogen and oxygen atoms in total. The zero-order chi connectivity index (χ0) is 21.2. The lowest BCUT2D eigenvalue weighted by Crippen LogP contribution is -2.50. The third kappa shape index (κ3) is 5.01. The van der Waals surface area contributed by atoms with Gasteiger partial charge in [0.15, 0.2) is 11.0 Å². The van der Waals surface area contributed by atoms with E-state index in [4.69, 9.17) is 0 Å². The highest BCUT2D eigenvalue weighted by atomic mass is 32.2. The van der Waals surface area contributed by atoms with E-state index in [9.17, 15) is 4.79 Å². The van der Waals surface area contributed by atoms with Crippen LogP contribution in [0.4, 0.5) is 0 Å². The first-order valence-corrected chi connectivity index (χ1v) is 11.3. The van der Waals surface area contributed by atoms with E-state index in [0.717, 1.165) is 49.3 Å². The summed E-state index contributed by atoms with van der Waals surface area (Å²) in [7, 11) is 1.96. The van der Waals surface area contributed by atoms with Gasteiger partial charge in [0.25, 0.3) is 0 Å². The smallest absolute Gasteiger partial charge is 0.235 e. The van der Waals surface area contributed by atoms with Gasteiger partial charge in [0, 0.05) is 38.8 Å². The van der Waals surface area contributed by atoms with Gasteiger partial charge in [0.05, 0.1) is 5.25 Å². The van der Waals surface area contributed by atoms with Crippen molar-refractivity contribution in [3.05, 3.63) is 29.8 Å². The fraction of sp³-hybridized carbons (Fsp3) is 0.591. The van der Waals surface area contributed by atoms with E-state index in [2.05, 4.69) is 67.1 Å². The molecule has 2 aromatic rings. The number of piperazine rings is 1. The predicted molar refractivity (Wildman–Crippen MR) is 119 cm³/mol. The normalized spacial score (nSPS) is 16.8. The van der Waals surface area contributed by atoms with Crippen LogP contribution in [0.5, 0.6) is 0 Å². The Morgan fingerprint density at radius 1 is 1.10 bits per heavy atom. The number of aromatic nitrogens is 3. The standard InChI is InChI=1S/C22H33N5OS/c1-7-26-12-14-27(15-13-26)20(28)16(2)29-21-24-23-19(25(21)6)17-8-10-18(11-9-17)22(3,4)5/h8-11,16H,7,12-15H2,1-6H3/t16-/m1/s1. The number of amides is 1. The van der Waals surface area contributed by atoms with Gasteiger partial charge >= 0.3 is 0 Å². The Bertz CT molecular complexity index is 832. The summed E-state index contributed by atoms with van der Waals surface area (Å²) < 4.78 is 1.98. The molecule has 1 aliphatic heterocycles. The Hall–Kier alpha value is -1.86. The summed E-state index contributed by atoms with van der Waals surface area (Å²) in [6.07, 6.45) is 0. The quantitative estimate of drug-likeness (QED) is 0.701. The summed E-state index contributed by atoms with van der Waals surface area (Å²) in [4.78, 5) is 17.2. The second-order valence-corrected chi connectivity index (χ2v) is 10.0. The number of thioether (sulfide) groups is 1. The lowest BCUT2D eigenvalue weighted by Gasteiger charge is -2.35. The van der Waals surface area contributed by atoms with Crippen LogP contribution in [-0.4, -0.2) is 68.4 Å². The molecule has 1 amide bonds. The van der Waals surface area contributed by atoms with Crippen molar-refractivity contribution in [2.75, 3.05) is 32.7 Å². The Morgan fingerprint density at radius 2 is 1.72 bits per heavy atom. The van der Waals surface area contributed by atoms with E-state index >= 15 is 0 Å². The molecule has 158 valence electrons. The maximum atomic E-state index is 12.8. The SMILES string of the molecule is CCN1CCN(C(=O)[C@@H](C)Sc2nnc(-c3ccc(C(C)(C)C)cc3)n2C)CC1. The average molecular weight is 416 g/mol. The number of hydrogen-bond acceptors (Lipinski definition) is 5. The number of carbonyl (C=O) groups excluding carboxylic acids is 1. The van der Waals surface area contributed by atoms with E-state index in [1.54, 1.807) is 0 Å². The van der Waals surface area contributed by atoms with Crippen LogP contribution in [0.3, 0.4) is 0 Å². The molecule has 0 spiro atoms. The Kier molecular flexibility index (Phi) is 6.69. The summed E-state index contributed by atoms with van der Waals surface area (Å²) >= 11 is 1.49. The van der Waals surface area contributed by atoms with E-state index in [1.165, 1.54) is 17.3 Å². The third-order valence-electron chi connectivity index (χ3n) is 5.61. The van der Waals surface area contributed by atoms with Crippen molar-refractivity contribution in [3.8, 4) is 11.4 Å². The predicted octanol–water partition coefficient (Wildman–Crippen LogP) is 3.42. The van der Waals surface area contributed by atoms with Crippen molar-refractivity contribution in [2.24, 2.45) is 7.05 Å². The monoisotopic (exact) mass is 415 g/mol. The van der Waals surface area contributed by atoms with Crippen LogP contribution in [0.25, 0.3) is 11.4 Å². The molecule has 1 fully saturated rings. The highest BCUT2D eigenvalue weighted by Gasteiger charge is 2.26. The maximum absolute atomic E-state index is 12.8. The number of likely N-dealkylation sites (N-methyl/N-ethyl adjacent to an activating group) is 1. The van der Waals surface area contributed by atoms with Crippen molar-refractivity contribution in [1.29, 1.82) is 0 Å². The van der Waals surface area contributed by atoms with Crippen molar-refractivity contribution < 1.29 is 4.79 Å². The molecule has 1 aliphatic rings. The number of benzene rings is 1. The highest BCUT2D eigenvalue weighted by Crippen LogP contribution is 2.29. The second-order valence-electron chi connectivity index (χ2n) is 8.71. The van der Waals surface area contributed by atoms with Gasteiger partial charge in [-0.3, -0.25) is 4.79 Å². The Labute approximate surface area is 178 Å². The summed E-state index contributed by atoms with van der Waals surface area (Å²) in [6.45, 7) is 15.3. The zero-order valence-corrected chi connectivity index (χ0v) is 19.3. The van der Waals surface area contributed by atoms with Crippen LogP contribution in [0, 0.1) is 0 Å². The molecule has 1 aromatic heterocycles. The first-order chi connectivity index (χ1) is 13.7. The average Bonchev–Trinajstić information content (AvgIpc) is 3.07. The minimum absolute atomic E-state index is 0.123. The molecule has 1 saturated heterocycles. The fourth-order valence-electron chi connectivity index (χ4n) is 3.54.